The van der Waals surface area contributed by atoms with Crippen molar-refractivity contribution in [1.29, 1.82) is 0 Å². The van der Waals surface area contributed by atoms with Crippen molar-refractivity contribution < 1.29 is 9.47 Å². The second-order valence-electron chi connectivity index (χ2n) is 7.18. The lowest BCUT2D eigenvalue weighted by molar-refractivity contribution is 0.0594. The van der Waals surface area contributed by atoms with Crippen LogP contribution in [0.1, 0.15) is 30.8 Å². The third-order valence-electron chi connectivity index (χ3n) is 5.22. The summed E-state index contributed by atoms with van der Waals surface area (Å²) in [5.41, 5.74) is 0.936. The number of tetrazole rings is 1. The Balaban J connectivity index is 1.31. The second kappa shape index (κ2) is 8.09. The molecule has 0 saturated carbocycles. The van der Waals surface area contributed by atoms with E-state index >= 15 is 0 Å². The molecule has 2 aliphatic heterocycles. The molecular weight excluding hydrogens is 332 g/mol. The monoisotopic (exact) mass is 358 g/mol. The van der Waals surface area contributed by atoms with Gasteiger partial charge in [-0.15, -0.1) is 5.10 Å². The van der Waals surface area contributed by atoms with Crippen molar-refractivity contribution in [2.24, 2.45) is 5.92 Å². The van der Waals surface area contributed by atoms with E-state index in [1.54, 1.807) is 6.20 Å². The molecule has 0 spiro atoms. The molecule has 0 aromatic carbocycles. The Morgan fingerprint density at radius 1 is 1.27 bits per heavy atom. The first-order valence-electron chi connectivity index (χ1n) is 9.41. The Bertz CT molecular complexity index is 715. The molecule has 1 atom stereocenters. The molecule has 8 nitrogen and oxygen atoms in total. The van der Waals surface area contributed by atoms with Gasteiger partial charge in [0.2, 0.25) is 0 Å². The van der Waals surface area contributed by atoms with E-state index in [2.05, 4.69) is 25.4 Å². The van der Waals surface area contributed by atoms with Crippen molar-refractivity contribution >= 4 is 0 Å². The molecule has 140 valence electrons. The van der Waals surface area contributed by atoms with Crippen LogP contribution in [0.3, 0.4) is 0 Å². The number of hydrogen-bond acceptors (Lipinski definition) is 7. The van der Waals surface area contributed by atoms with Crippen molar-refractivity contribution in [3.63, 3.8) is 0 Å². The van der Waals surface area contributed by atoms with Crippen LogP contribution in [0.4, 0.5) is 0 Å². The Morgan fingerprint density at radius 2 is 2.15 bits per heavy atom. The number of nitrogens with zero attached hydrogens (tertiary/aromatic N) is 6. The summed E-state index contributed by atoms with van der Waals surface area (Å²) in [4.78, 5) is 6.65. The van der Waals surface area contributed by atoms with Gasteiger partial charge in [0.15, 0.2) is 5.82 Å². The number of rotatable bonds is 6. The number of aromatic nitrogens is 5. The maximum atomic E-state index is 6.13. The fourth-order valence-corrected chi connectivity index (χ4v) is 3.66. The van der Waals surface area contributed by atoms with Crippen LogP contribution in [0, 0.1) is 12.8 Å². The third-order valence-corrected chi connectivity index (χ3v) is 5.22. The van der Waals surface area contributed by atoms with Crippen LogP contribution in [0.5, 0.6) is 5.75 Å². The van der Waals surface area contributed by atoms with Gasteiger partial charge >= 0.3 is 0 Å². The van der Waals surface area contributed by atoms with Crippen LogP contribution in [-0.4, -0.2) is 62.5 Å². The van der Waals surface area contributed by atoms with Crippen molar-refractivity contribution in [3.8, 4) is 5.75 Å². The van der Waals surface area contributed by atoms with E-state index in [-0.39, 0.29) is 6.10 Å². The van der Waals surface area contributed by atoms with Crippen LogP contribution in [0.15, 0.2) is 18.3 Å². The van der Waals surface area contributed by atoms with E-state index in [4.69, 9.17) is 9.47 Å². The molecule has 2 fully saturated rings. The molecule has 0 amide bonds. The van der Waals surface area contributed by atoms with Crippen LogP contribution < -0.4 is 4.74 Å². The lowest BCUT2D eigenvalue weighted by atomic mass is 10.0. The van der Waals surface area contributed by atoms with E-state index in [9.17, 15) is 0 Å². The van der Waals surface area contributed by atoms with Crippen LogP contribution in [0.2, 0.25) is 0 Å². The van der Waals surface area contributed by atoms with E-state index in [1.807, 2.05) is 23.7 Å². The highest BCUT2D eigenvalue weighted by molar-refractivity contribution is 5.25. The average Bonchev–Trinajstić information content (AvgIpc) is 3.28. The average molecular weight is 358 g/mol. The van der Waals surface area contributed by atoms with Crippen molar-refractivity contribution in [3.05, 3.63) is 29.8 Å². The first-order chi connectivity index (χ1) is 12.8. The zero-order chi connectivity index (χ0) is 17.8. The summed E-state index contributed by atoms with van der Waals surface area (Å²) in [5, 5.41) is 12.3. The number of pyridine rings is 1. The summed E-state index contributed by atoms with van der Waals surface area (Å²) in [6.07, 6.45) is 5.17. The summed E-state index contributed by atoms with van der Waals surface area (Å²) in [6.45, 7) is 7.21. The first kappa shape index (κ1) is 17.4. The molecule has 0 N–H and O–H groups in total. The lowest BCUT2D eigenvalue weighted by Gasteiger charge is -2.22. The molecule has 8 heteroatoms. The molecular formula is C18H26N6O2. The van der Waals surface area contributed by atoms with E-state index < -0.39 is 0 Å². The van der Waals surface area contributed by atoms with E-state index in [0.29, 0.717) is 5.92 Å². The summed E-state index contributed by atoms with van der Waals surface area (Å²) < 4.78 is 13.5. The number of likely N-dealkylation sites (tertiary alicyclic amines) is 1. The maximum absolute atomic E-state index is 6.13. The topological polar surface area (TPSA) is 78.2 Å². The molecule has 2 aromatic heterocycles. The van der Waals surface area contributed by atoms with Crippen molar-refractivity contribution in [2.75, 3.05) is 26.3 Å². The third kappa shape index (κ3) is 4.19. The Hall–Kier alpha value is -2.06. The summed E-state index contributed by atoms with van der Waals surface area (Å²) >= 11 is 0. The largest absolute Gasteiger partial charge is 0.487 e. The van der Waals surface area contributed by atoms with Crippen molar-refractivity contribution in [2.45, 2.75) is 45.4 Å². The zero-order valence-corrected chi connectivity index (χ0v) is 15.3. The van der Waals surface area contributed by atoms with Gasteiger partial charge in [0, 0.05) is 39.0 Å². The van der Waals surface area contributed by atoms with Gasteiger partial charge in [-0.2, -0.15) is 0 Å². The van der Waals surface area contributed by atoms with Gasteiger partial charge < -0.3 is 9.47 Å². The fourth-order valence-electron chi connectivity index (χ4n) is 3.66. The second-order valence-corrected chi connectivity index (χ2v) is 7.18. The summed E-state index contributed by atoms with van der Waals surface area (Å²) in [7, 11) is 0. The number of aryl methyl sites for hydroxylation is 1. The normalized spacial score (nSPS) is 22.0. The molecule has 0 aliphatic carbocycles. The number of hydrogen-bond donors (Lipinski definition) is 0. The smallest absolute Gasteiger partial charge is 0.165 e. The van der Waals surface area contributed by atoms with Gasteiger partial charge in [0.1, 0.15) is 11.9 Å². The van der Waals surface area contributed by atoms with Crippen LogP contribution in [0.25, 0.3) is 0 Å². The predicted molar refractivity (Wildman–Crippen MR) is 94.6 cm³/mol. The Morgan fingerprint density at radius 3 is 3.00 bits per heavy atom. The van der Waals surface area contributed by atoms with E-state index in [1.165, 1.54) is 0 Å². The Labute approximate surface area is 153 Å². The minimum atomic E-state index is 0.192. The minimum Gasteiger partial charge on any atom is -0.487 e. The van der Waals surface area contributed by atoms with Gasteiger partial charge in [-0.05, 0) is 54.7 Å². The van der Waals surface area contributed by atoms with Gasteiger partial charge in [-0.25, -0.2) is 4.68 Å². The fraction of sp³-hybridized carbons (Fsp3) is 0.667. The molecule has 0 radical (unpaired) electrons. The first-order valence-corrected chi connectivity index (χ1v) is 9.41. The molecule has 26 heavy (non-hydrogen) atoms. The number of ether oxygens (including phenoxy) is 2. The molecule has 1 unspecified atom stereocenters. The molecule has 2 saturated heterocycles. The van der Waals surface area contributed by atoms with Crippen LogP contribution in [-0.2, 0) is 17.8 Å². The summed E-state index contributed by atoms with van der Waals surface area (Å²) in [5.74, 6) is 2.42. The maximum Gasteiger partial charge on any atom is 0.165 e. The minimum absolute atomic E-state index is 0.192. The van der Waals surface area contributed by atoms with Crippen LogP contribution >= 0.6 is 0 Å². The lowest BCUT2D eigenvalue weighted by Crippen LogP contribution is -2.27. The summed E-state index contributed by atoms with van der Waals surface area (Å²) in [6, 6.07) is 3.90. The highest BCUT2D eigenvalue weighted by Gasteiger charge is 2.26. The molecule has 2 aliphatic rings. The van der Waals surface area contributed by atoms with Gasteiger partial charge in [0.05, 0.1) is 12.2 Å². The SMILES string of the molecule is Cc1ncccc1OC1CCN(Cc2nnnn2CC2CCOCC2)C1. The molecule has 0 bridgehead atoms. The predicted octanol–water partition coefficient (Wildman–Crippen LogP) is 1.46. The highest BCUT2D eigenvalue weighted by atomic mass is 16.5. The zero-order valence-electron chi connectivity index (χ0n) is 15.3. The molecule has 2 aromatic rings. The van der Waals surface area contributed by atoms with Gasteiger partial charge in [-0.3, -0.25) is 9.88 Å². The van der Waals surface area contributed by atoms with Gasteiger partial charge in [0.25, 0.3) is 0 Å². The molecule has 4 heterocycles. The van der Waals surface area contributed by atoms with E-state index in [0.717, 1.165) is 75.9 Å². The standard InChI is InChI=1S/C18H26N6O2/c1-14-17(3-2-7-19-14)26-16-4-8-23(12-16)13-18-20-21-22-24(18)11-15-5-9-25-10-6-15/h2-3,7,15-16H,4-6,8-13H2,1H3. The molecule has 4 rings (SSSR count). The van der Waals surface area contributed by atoms with Crippen molar-refractivity contribution in [1.82, 2.24) is 30.1 Å². The quantitative estimate of drug-likeness (QED) is 0.773. The highest BCUT2D eigenvalue weighted by Crippen LogP contribution is 2.22. The Kier molecular flexibility index (Phi) is 5.40. The van der Waals surface area contributed by atoms with Gasteiger partial charge in [-0.1, -0.05) is 0 Å².